The van der Waals surface area contributed by atoms with Crippen LogP contribution in [0.1, 0.15) is 20.8 Å². The number of nitrogens with zero attached hydrogens (tertiary/aromatic N) is 2. The van der Waals surface area contributed by atoms with Crippen molar-refractivity contribution in [3.8, 4) is 0 Å². The van der Waals surface area contributed by atoms with Crippen LogP contribution in [-0.2, 0) is 0 Å². The van der Waals surface area contributed by atoms with E-state index in [1.807, 2.05) is 0 Å². The zero-order valence-corrected chi connectivity index (χ0v) is 8.26. The highest BCUT2D eigenvalue weighted by Gasteiger charge is 2.14. The Labute approximate surface area is 76.4 Å². The number of rotatable bonds is 1. The van der Waals surface area contributed by atoms with Gasteiger partial charge in [0.05, 0.1) is 6.20 Å². The monoisotopic (exact) mass is 184 g/mol. The molecular weight excluding hydrogens is 172 g/mol. The third kappa shape index (κ3) is 3.09. The van der Waals surface area contributed by atoms with Crippen LogP contribution in [0.2, 0.25) is 0 Å². The third-order valence-corrected chi connectivity index (χ3v) is 2.10. The minimum Gasteiger partial charge on any atom is -0.619 e. The second kappa shape index (κ2) is 3.31. The zero-order chi connectivity index (χ0) is 9.19. The van der Waals surface area contributed by atoms with E-state index in [-0.39, 0.29) is 4.75 Å². The maximum absolute atomic E-state index is 10.8. The van der Waals surface area contributed by atoms with Gasteiger partial charge in [-0.05, 0) is 0 Å². The summed E-state index contributed by atoms with van der Waals surface area (Å²) in [6, 6.07) is 0. The van der Waals surface area contributed by atoms with Crippen molar-refractivity contribution < 1.29 is 4.73 Å². The summed E-state index contributed by atoms with van der Waals surface area (Å²) in [4.78, 5) is 4.07. The molecular formula is C8H12N2OS. The van der Waals surface area contributed by atoms with Crippen molar-refractivity contribution in [2.45, 2.75) is 30.5 Å². The Morgan fingerprint density at radius 1 is 1.50 bits per heavy atom. The molecule has 1 aromatic heterocycles. The molecule has 4 heteroatoms. The molecule has 0 aromatic carbocycles. The van der Waals surface area contributed by atoms with Gasteiger partial charge in [-0.1, -0.05) is 32.5 Å². The fourth-order valence-electron chi connectivity index (χ4n) is 0.724. The van der Waals surface area contributed by atoms with Gasteiger partial charge in [0.2, 0.25) is 6.20 Å². The minimum absolute atomic E-state index is 0.0986. The summed E-state index contributed by atoms with van der Waals surface area (Å²) in [6.45, 7) is 6.25. The van der Waals surface area contributed by atoms with E-state index in [2.05, 4.69) is 25.8 Å². The first-order chi connectivity index (χ1) is 5.47. The van der Waals surface area contributed by atoms with Crippen molar-refractivity contribution >= 4 is 11.8 Å². The average molecular weight is 184 g/mol. The first-order valence-electron chi connectivity index (χ1n) is 3.71. The summed E-state index contributed by atoms with van der Waals surface area (Å²) < 4.78 is 0.864. The summed E-state index contributed by atoms with van der Waals surface area (Å²) in [5, 5.41) is 11.6. The van der Waals surface area contributed by atoms with Gasteiger partial charge >= 0.3 is 0 Å². The van der Waals surface area contributed by atoms with Crippen molar-refractivity contribution in [3.63, 3.8) is 0 Å². The van der Waals surface area contributed by atoms with Gasteiger partial charge in [0, 0.05) is 4.75 Å². The van der Waals surface area contributed by atoms with E-state index in [9.17, 15) is 5.21 Å². The summed E-state index contributed by atoms with van der Waals surface area (Å²) in [7, 11) is 0. The van der Waals surface area contributed by atoms with E-state index in [1.54, 1.807) is 11.8 Å². The van der Waals surface area contributed by atoms with Crippen LogP contribution < -0.4 is 4.73 Å². The van der Waals surface area contributed by atoms with E-state index in [0.717, 1.165) is 9.76 Å². The van der Waals surface area contributed by atoms with Gasteiger partial charge in [-0.2, -0.15) is 4.73 Å². The Hall–Kier alpha value is -0.770. The van der Waals surface area contributed by atoms with Gasteiger partial charge < -0.3 is 5.21 Å². The molecule has 12 heavy (non-hydrogen) atoms. The van der Waals surface area contributed by atoms with E-state index in [4.69, 9.17) is 0 Å². The fourth-order valence-corrected chi connectivity index (χ4v) is 1.62. The molecule has 66 valence electrons. The molecule has 0 spiro atoms. The van der Waals surface area contributed by atoms with Crippen molar-refractivity contribution in [3.05, 3.63) is 23.8 Å². The predicted octanol–water partition coefficient (Wildman–Crippen LogP) is 1.61. The topological polar surface area (TPSA) is 39.8 Å². The molecule has 1 aromatic rings. The Morgan fingerprint density at radius 3 is 2.67 bits per heavy atom. The van der Waals surface area contributed by atoms with Gasteiger partial charge in [0.15, 0.2) is 11.2 Å². The van der Waals surface area contributed by atoms with Crippen LogP contribution in [-0.4, -0.2) is 9.73 Å². The molecule has 0 unspecified atom stereocenters. The molecule has 0 aliphatic carbocycles. The van der Waals surface area contributed by atoms with E-state index >= 15 is 0 Å². The molecule has 0 atom stereocenters. The number of aromatic nitrogens is 2. The molecule has 0 saturated heterocycles. The number of thioether (sulfide) groups is 1. The number of hydrogen-bond acceptors (Lipinski definition) is 3. The van der Waals surface area contributed by atoms with Gasteiger partial charge in [-0.25, -0.2) is 4.98 Å². The predicted molar refractivity (Wildman–Crippen MR) is 48.8 cm³/mol. The Kier molecular flexibility index (Phi) is 2.57. The van der Waals surface area contributed by atoms with E-state index < -0.39 is 0 Å². The van der Waals surface area contributed by atoms with E-state index in [1.165, 1.54) is 18.6 Å². The van der Waals surface area contributed by atoms with Crippen LogP contribution >= 0.6 is 11.8 Å². The highest BCUT2D eigenvalue weighted by molar-refractivity contribution is 8.00. The summed E-state index contributed by atoms with van der Waals surface area (Å²) in [5.41, 5.74) is 0. The lowest BCUT2D eigenvalue weighted by Gasteiger charge is -2.15. The average Bonchev–Trinajstić information content (AvgIpc) is 1.82. The second-order valence-corrected chi connectivity index (χ2v) is 5.32. The summed E-state index contributed by atoms with van der Waals surface area (Å²) in [6.07, 6.45) is 4.38. The second-order valence-electron chi connectivity index (χ2n) is 3.47. The first kappa shape index (κ1) is 9.32. The summed E-state index contributed by atoms with van der Waals surface area (Å²) >= 11 is 1.58. The van der Waals surface area contributed by atoms with Crippen molar-refractivity contribution in [2.75, 3.05) is 0 Å². The highest BCUT2D eigenvalue weighted by Crippen LogP contribution is 2.28. The Balaban J connectivity index is 2.77. The Bertz CT molecular complexity index is 270. The summed E-state index contributed by atoms with van der Waals surface area (Å²) in [5.74, 6) is 0. The van der Waals surface area contributed by atoms with Crippen LogP contribution in [0, 0.1) is 5.21 Å². The lowest BCUT2D eigenvalue weighted by atomic mass is 10.3. The smallest absolute Gasteiger partial charge is 0.212 e. The molecule has 0 aliphatic heterocycles. The fraction of sp³-hybridized carbons (Fsp3) is 0.500. The van der Waals surface area contributed by atoms with Crippen molar-refractivity contribution in [1.82, 2.24) is 4.98 Å². The third-order valence-electron chi connectivity index (χ3n) is 1.06. The van der Waals surface area contributed by atoms with E-state index in [0.29, 0.717) is 0 Å². The maximum atomic E-state index is 10.8. The maximum Gasteiger partial charge on any atom is 0.212 e. The molecule has 0 bridgehead atoms. The molecule has 0 fully saturated rings. The van der Waals surface area contributed by atoms with Crippen LogP contribution in [0.3, 0.4) is 0 Å². The quantitative estimate of drug-likeness (QED) is 0.378. The molecule has 0 N–H and O–H groups in total. The first-order valence-corrected chi connectivity index (χ1v) is 4.53. The highest BCUT2D eigenvalue weighted by atomic mass is 32.2. The minimum atomic E-state index is 0.0986. The molecule has 0 aliphatic rings. The normalized spacial score (nSPS) is 11.6. The molecule has 1 rings (SSSR count). The molecule has 3 nitrogen and oxygen atoms in total. The standard InChI is InChI=1S/C8H12N2OS/c1-8(2,3)12-7-6-10(11)5-4-9-7/h4-6H,1-3H3. The van der Waals surface area contributed by atoms with Gasteiger partial charge in [-0.3, -0.25) is 0 Å². The zero-order valence-electron chi connectivity index (χ0n) is 7.44. The lowest BCUT2D eigenvalue weighted by molar-refractivity contribution is -0.608. The van der Waals surface area contributed by atoms with Crippen molar-refractivity contribution in [2.24, 2.45) is 0 Å². The van der Waals surface area contributed by atoms with Crippen LogP contribution in [0.15, 0.2) is 23.6 Å². The van der Waals surface area contributed by atoms with Gasteiger partial charge in [0.25, 0.3) is 0 Å². The lowest BCUT2D eigenvalue weighted by Crippen LogP contribution is -2.25. The number of hydrogen-bond donors (Lipinski definition) is 0. The largest absolute Gasteiger partial charge is 0.619 e. The Morgan fingerprint density at radius 2 is 2.17 bits per heavy atom. The van der Waals surface area contributed by atoms with Crippen molar-refractivity contribution in [1.29, 1.82) is 0 Å². The molecule has 0 radical (unpaired) electrons. The molecule has 0 saturated carbocycles. The molecule has 0 amide bonds. The SMILES string of the molecule is CC(C)(C)Sc1c[n+]([O-])ccn1. The van der Waals surface area contributed by atoms with Gasteiger partial charge in [-0.15, -0.1) is 0 Å². The van der Waals surface area contributed by atoms with Crippen LogP contribution in [0.5, 0.6) is 0 Å². The van der Waals surface area contributed by atoms with Gasteiger partial charge in [0.1, 0.15) is 0 Å². The molecule has 1 heterocycles. The van der Waals surface area contributed by atoms with Crippen LogP contribution in [0.4, 0.5) is 0 Å². The van der Waals surface area contributed by atoms with Crippen LogP contribution in [0.25, 0.3) is 0 Å².